The van der Waals surface area contributed by atoms with Crippen molar-refractivity contribution in [2.75, 3.05) is 6.61 Å². The van der Waals surface area contributed by atoms with Crippen molar-refractivity contribution in [2.24, 2.45) is 0 Å². The quantitative estimate of drug-likeness (QED) is 0.284. The predicted octanol–water partition coefficient (Wildman–Crippen LogP) is 1.76. The molecule has 1 saturated heterocycles. The molecular formula is C24H32O9. The van der Waals surface area contributed by atoms with Crippen molar-refractivity contribution in [3.63, 3.8) is 0 Å². The Morgan fingerprint density at radius 3 is 2.52 bits per heavy atom. The number of Topliss-reactive ketones (excluding diaryl/α,β-unsaturated/α-hetero) is 1. The number of carbonyl (C=O) groups excluding carboxylic acids is 1. The van der Waals surface area contributed by atoms with Gasteiger partial charge in [0.1, 0.15) is 24.1 Å². The lowest BCUT2D eigenvalue weighted by atomic mass is 9.96. The van der Waals surface area contributed by atoms with Gasteiger partial charge in [-0.25, -0.2) is 0 Å². The monoisotopic (exact) mass is 464 g/mol. The van der Waals surface area contributed by atoms with Crippen LogP contribution in [0.25, 0.3) is 0 Å². The molecule has 0 amide bonds. The van der Waals surface area contributed by atoms with E-state index >= 15 is 0 Å². The molecular weight excluding hydrogens is 432 g/mol. The number of carbonyl (C=O) groups is 1. The van der Waals surface area contributed by atoms with E-state index in [1.54, 1.807) is 12.1 Å². The number of phenolic OH excluding ortho intramolecular Hbond substituents is 2. The van der Waals surface area contributed by atoms with Crippen molar-refractivity contribution in [1.29, 1.82) is 0 Å². The standard InChI is InChI=1S/C24H32O9/c25-16-6-1-14(2-7-16)3-8-17(26)12-18(9-4-15-5-10-19(27)20(28)11-15)33-24-23(31)22(30)21(29)13-32-24/h1,5-6,10-11,18,21-25,27-31H,2-4,7-9,12-13H2/t18?,21-,22?,23-,24?/m1/s1. The van der Waals surface area contributed by atoms with Crippen LogP contribution < -0.4 is 0 Å². The lowest BCUT2D eigenvalue weighted by Gasteiger charge is -2.36. The fraction of sp³-hybridized carbons (Fsp3) is 0.542. The van der Waals surface area contributed by atoms with Crippen LogP contribution in [0, 0.1) is 0 Å². The SMILES string of the molecule is O=C(CCC1=CC=C(O)CC1)CC(CCc1ccc(O)c(O)c1)OC1OC[C@@H](O)C(O)[C@H]1O. The average Bonchev–Trinajstić information content (AvgIpc) is 2.79. The number of aromatic hydroxyl groups is 2. The summed E-state index contributed by atoms with van der Waals surface area (Å²) in [6.45, 7) is -0.204. The molecule has 1 aliphatic carbocycles. The molecule has 5 atom stereocenters. The summed E-state index contributed by atoms with van der Waals surface area (Å²) in [5.41, 5.74) is 1.81. The molecule has 33 heavy (non-hydrogen) atoms. The number of aliphatic hydroxyl groups is 4. The van der Waals surface area contributed by atoms with E-state index in [4.69, 9.17) is 9.47 Å². The Morgan fingerprint density at radius 2 is 1.82 bits per heavy atom. The van der Waals surface area contributed by atoms with Gasteiger partial charge < -0.3 is 40.1 Å². The third-order valence-electron chi connectivity index (χ3n) is 5.97. The van der Waals surface area contributed by atoms with Gasteiger partial charge in [-0.2, -0.15) is 0 Å². The average molecular weight is 465 g/mol. The molecule has 0 radical (unpaired) electrons. The number of rotatable bonds is 10. The summed E-state index contributed by atoms with van der Waals surface area (Å²) in [7, 11) is 0. The van der Waals surface area contributed by atoms with Crippen LogP contribution in [-0.2, 0) is 20.7 Å². The first-order chi connectivity index (χ1) is 15.7. The maximum Gasteiger partial charge on any atom is 0.186 e. The molecule has 1 aliphatic heterocycles. The summed E-state index contributed by atoms with van der Waals surface area (Å²) in [5, 5.41) is 58.4. The molecule has 1 fully saturated rings. The van der Waals surface area contributed by atoms with Gasteiger partial charge in [0.15, 0.2) is 17.8 Å². The molecule has 9 heteroatoms. The number of ether oxygens (including phenoxy) is 2. The summed E-state index contributed by atoms with van der Waals surface area (Å²) < 4.78 is 11.2. The minimum atomic E-state index is -1.46. The molecule has 0 spiro atoms. The molecule has 3 rings (SSSR count). The summed E-state index contributed by atoms with van der Waals surface area (Å²) in [5.74, 6) is -0.186. The number of hydrogen-bond acceptors (Lipinski definition) is 9. The van der Waals surface area contributed by atoms with Crippen molar-refractivity contribution < 1.29 is 44.9 Å². The summed E-state index contributed by atoms with van der Waals surface area (Å²) in [6.07, 6.45) is 0.538. The Labute approximate surface area is 192 Å². The number of aryl methyl sites for hydroxylation is 1. The molecule has 9 nitrogen and oxygen atoms in total. The van der Waals surface area contributed by atoms with E-state index in [1.165, 1.54) is 12.1 Å². The highest BCUT2D eigenvalue weighted by Gasteiger charge is 2.39. The predicted molar refractivity (Wildman–Crippen MR) is 118 cm³/mol. The molecule has 1 heterocycles. The van der Waals surface area contributed by atoms with Crippen LogP contribution in [0.4, 0.5) is 0 Å². The van der Waals surface area contributed by atoms with Gasteiger partial charge >= 0.3 is 0 Å². The molecule has 1 aromatic rings. The van der Waals surface area contributed by atoms with Crippen LogP contribution in [0.3, 0.4) is 0 Å². The van der Waals surface area contributed by atoms with E-state index in [0.717, 1.165) is 11.1 Å². The van der Waals surface area contributed by atoms with Crippen LogP contribution in [0.5, 0.6) is 11.5 Å². The van der Waals surface area contributed by atoms with Crippen LogP contribution in [0.15, 0.2) is 41.7 Å². The van der Waals surface area contributed by atoms with E-state index in [1.807, 2.05) is 6.08 Å². The second-order valence-electron chi connectivity index (χ2n) is 8.60. The van der Waals surface area contributed by atoms with Crippen LogP contribution in [0.2, 0.25) is 0 Å². The van der Waals surface area contributed by atoms with Crippen molar-refractivity contribution in [1.82, 2.24) is 0 Å². The Kier molecular flexibility index (Phi) is 8.87. The molecule has 0 bridgehead atoms. The van der Waals surface area contributed by atoms with Crippen LogP contribution in [0.1, 0.15) is 44.1 Å². The second kappa shape index (κ2) is 11.6. The number of ketones is 1. The number of aliphatic hydroxyl groups excluding tert-OH is 4. The first-order valence-corrected chi connectivity index (χ1v) is 11.1. The number of benzene rings is 1. The molecule has 0 saturated carbocycles. The normalized spacial score (nSPS) is 26.4. The largest absolute Gasteiger partial charge is 0.512 e. The summed E-state index contributed by atoms with van der Waals surface area (Å²) in [6, 6.07) is 4.46. The highest BCUT2D eigenvalue weighted by Crippen LogP contribution is 2.27. The smallest absolute Gasteiger partial charge is 0.186 e. The summed E-state index contributed by atoms with van der Waals surface area (Å²) in [4.78, 5) is 12.7. The maximum absolute atomic E-state index is 12.7. The highest BCUT2D eigenvalue weighted by molar-refractivity contribution is 5.79. The molecule has 0 aromatic heterocycles. The van der Waals surface area contributed by atoms with Gasteiger partial charge in [-0.1, -0.05) is 17.7 Å². The number of phenols is 2. The van der Waals surface area contributed by atoms with E-state index in [0.29, 0.717) is 44.3 Å². The Hall–Kier alpha value is -2.43. The topological polar surface area (TPSA) is 157 Å². The highest BCUT2D eigenvalue weighted by atomic mass is 16.7. The van der Waals surface area contributed by atoms with E-state index in [-0.39, 0.29) is 30.3 Å². The van der Waals surface area contributed by atoms with Gasteiger partial charge in [0, 0.05) is 19.3 Å². The molecule has 182 valence electrons. The third-order valence-corrected chi connectivity index (χ3v) is 5.97. The van der Waals surface area contributed by atoms with Gasteiger partial charge in [0.25, 0.3) is 0 Å². The van der Waals surface area contributed by atoms with Crippen LogP contribution in [-0.4, -0.2) is 73.7 Å². The number of hydrogen-bond donors (Lipinski definition) is 6. The zero-order valence-corrected chi connectivity index (χ0v) is 18.3. The zero-order chi connectivity index (χ0) is 24.0. The first kappa shape index (κ1) is 25.2. The maximum atomic E-state index is 12.7. The van der Waals surface area contributed by atoms with Gasteiger partial charge in [-0.3, -0.25) is 4.79 Å². The fourth-order valence-corrected chi connectivity index (χ4v) is 3.89. The Morgan fingerprint density at radius 1 is 1.03 bits per heavy atom. The Balaban J connectivity index is 1.61. The van der Waals surface area contributed by atoms with Gasteiger partial charge in [-0.05, 0) is 49.5 Å². The molecule has 1 aromatic carbocycles. The lowest BCUT2D eigenvalue weighted by Crippen LogP contribution is -2.54. The van der Waals surface area contributed by atoms with Gasteiger partial charge in [0.2, 0.25) is 0 Å². The van der Waals surface area contributed by atoms with Gasteiger partial charge in [0.05, 0.1) is 18.5 Å². The van der Waals surface area contributed by atoms with Crippen molar-refractivity contribution in [3.05, 3.63) is 47.2 Å². The molecule has 3 unspecified atom stereocenters. The van der Waals surface area contributed by atoms with Crippen molar-refractivity contribution >= 4 is 5.78 Å². The first-order valence-electron chi connectivity index (χ1n) is 11.1. The lowest BCUT2D eigenvalue weighted by molar-refractivity contribution is -0.282. The Bertz CT molecular complexity index is 879. The van der Waals surface area contributed by atoms with E-state index in [9.17, 15) is 35.4 Å². The van der Waals surface area contributed by atoms with Crippen molar-refractivity contribution in [3.8, 4) is 11.5 Å². The second-order valence-corrected chi connectivity index (χ2v) is 8.60. The zero-order valence-electron chi connectivity index (χ0n) is 18.3. The molecule has 2 aliphatic rings. The van der Waals surface area contributed by atoms with E-state index < -0.39 is 30.7 Å². The number of allylic oxidation sites excluding steroid dienone is 4. The van der Waals surface area contributed by atoms with Gasteiger partial charge in [-0.15, -0.1) is 0 Å². The minimum absolute atomic E-state index is 0.0425. The molecule has 6 N–H and O–H groups in total. The van der Waals surface area contributed by atoms with Crippen molar-refractivity contribution in [2.45, 2.75) is 75.7 Å². The minimum Gasteiger partial charge on any atom is -0.512 e. The van der Waals surface area contributed by atoms with Crippen LogP contribution >= 0.6 is 0 Å². The fourth-order valence-electron chi connectivity index (χ4n) is 3.89. The van der Waals surface area contributed by atoms with E-state index in [2.05, 4.69) is 0 Å². The third kappa shape index (κ3) is 7.28. The summed E-state index contributed by atoms with van der Waals surface area (Å²) >= 11 is 0.